The monoisotopic (exact) mass is 265 g/mol. The topological polar surface area (TPSA) is 76.3 Å². The van der Waals surface area contributed by atoms with Crippen LogP contribution in [-0.2, 0) is 11.2 Å². The van der Waals surface area contributed by atoms with E-state index >= 15 is 0 Å². The molecule has 1 aromatic rings. The summed E-state index contributed by atoms with van der Waals surface area (Å²) in [5.41, 5.74) is 2.62. The summed E-state index contributed by atoms with van der Waals surface area (Å²) < 4.78 is 5.75. The maximum atomic E-state index is 5.75. The lowest BCUT2D eigenvalue weighted by Crippen LogP contribution is -2.46. The van der Waals surface area contributed by atoms with Crippen molar-refractivity contribution in [2.24, 2.45) is 5.84 Å². The first kappa shape index (κ1) is 14.0. The first-order valence-corrected chi connectivity index (χ1v) is 6.87. The number of nitrogen functional groups attached to an aromatic ring is 1. The van der Waals surface area contributed by atoms with Gasteiger partial charge in [-0.1, -0.05) is 6.92 Å². The molecule has 1 aromatic heterocycles. The molecule has 0 radical (unpaired) electrons. The number of nitrogens with two attached hydrogens (primary N) is 1. The van der Waals surface area contributed by atoms with E-state index in [1.807, 2.05) is 6.07 Å². The average molecular weight is 265 g/mol. The van der Waals surface area contributed by atoms with Crippen molar-refractivity contribution < 1.29 is 4.74 Å². The van der Waals surface area contributed by atoms with Crippen LogP contribution in [0.4, 0.5) is 11.6 Å². The van der Waals surface area contributed by atoms with E-state index in [4.69, 9.17) is 10.6 Å². The minimum Gasteiger partial charge on any atom is -0.372 e. The van der Waals surface area contributed by atoms with Crippen LogP contribution in [0.5, 0.6) is 0 Å². The predicted octanol–water partition coefficient (Wildman–Crippen LogP) is 1.33. The zero-order valence-electron chi connectivity index (χ0n) is 11.9. The smallest absolute Gasteiger partial charge is 0.145 e. The number of morpholine rings is 1. The summed E-state index contributed by atoms with van der Waals surface area (Å²) >= 11 is 0. The van der Waals surface area contributed by atoms with Gasteiger partial charge in [0.2, 0.25) is 0 Å². The number of hydrazine groups is 1. The molecule has 2 heterocycles. The number of hydrogen-bond donors (Lipinski definition) is 2. The lowest BCUT2D eigenvalue weighted by atomic mass is 10.2. The van der Waals surface area contributed by atoms with Crippen LogP contribution in [0.2, 0.25) is 0 Å². The number of hydrogen-bond acceptors (Lipinski definition) is 6. The SMILES string of the molecule is CCCc1nc(NN)cc(N2C[C@@H](C)O[C@@H](C)C2)n1. The second kappa shape index (κ2) is 6.16. The van der Waals surface area contributed by atoms with E-state index in [9.17, 15) is 0 Å². The van der Waals surface area contributed by atoms with Crippen molar-refractivity contribution in [2.45, 2.75) is 45.8 Å². The Morgan fingerprint density at radius 1 is 1.37 bits per heavy atom. The third-order valence-corrected chi connectivity index (χ3v) is 3.12. The van der Waals surface area contributed by atoms with Crippen molar-refractivity contribution >= 4 is 11.6 Å². The molecule has 2 atom stereocenters. The van der Waals surface area contributed by atoms with E-state index in [1.165, 1.54) is 0 Å². The Balaban J connectivity index is 2.24. The molecule has 2 rings (SSSR count). The minimum absolute atomic E-state index is 0.211. The third-order valence-electron chi connectivity index (χ3n) is 3.12. The van der Waals surface area contributed by atoms with Crippen LogP contribution in [0.25, 0.3) is 0 Å². The molecular weight excluding hydrogens is 242 g/mol. The molecule has 106 valence electrons. The number of ether oxygens (including phenoxy) is 1. The zero-order chi connectivity index (χ0) is 13.8. The Morgan fingerprint density at radius 3 is 2.63 bits per heavy atom. The van der Waals surface area contributed by atoms with Gasteiger partial charge in [0.15, 0.2) is 0 Å². The fourth-order valence-electron chi connectivity index (χ4n) is 2.42. The summed E-state index contributed by atoms with van der Waals surface area (Å²) in [5, 5.41) is 0. The zero-order valence-corrected chi connectivity index (χ0v) is 11.9. The minimum atomic E-state index is 0.211. The van der Waals surface area contributed by atoms with Gasteiger partial charge in [-0.05, 0) is 20.3 Å². The van der Waals surface area contributed by atoms with Gasteiger partial charge >= 0.3 is 0 Å². The van der Waals surface area contributed by atoms with Gasteiger partial charge < -0.3 is 15.1 Å². The lowest BCUT2D eigenvalue weighted by Gasteiger charge is -2.36. The molecule has 0 aromatic carbocycles. The number of nitrogens with zero attached hydrogens (tertiary/aromatic N) is 3. The lowest BCUT2D eigenvalue weighted by molar-refractivity contribution is -0.00547. The number of nitrogens with one attached hydrogen (secondary N) is 1. The van der Waals surface area contributed by atoms with Crippen LogP contribution in [0.1, 0.15) is 33.0 Å². The van der Waals surface area contributed by atoms with Crippen molar-refractivity contribution in [2.75, 3.05) is 23.4 Å². The molecule has 0 unspecified atom stereocenters. The van der Waals surface area contributed by atoms with Gasteiger partial charge in [-0.2, -0.15) is 0 Å². The van der Waals surface area contributed by atoms with E-state index in [1.54, 1.807) is 0 Å². The van der Waals surface area contributed by atoms with Crippen molar-refractivity contribution in [1.29, 1.82) is 0 Å². The summed E-state index contributed by atoms with van der Waals surface area (Å²) in [4.78, 5) is 11.2. The summed E-state index contributed by atoms with van der Waals surface area (Å²) in [5.74, 6) is 7.91. The average Bonchev–Trinajstić information content (AvgIpc) is 2.37. The van der Waals surface area contributed by atoms with Crippen LogP contribution in [-0.4, -0.2) is 35.3 Å². The normalized spacial score (nSPS) is 23.5. The number of aryl methyl sites for hydroxylation is 1. The Bertz CT molecular complexity index is 415. The van der Waals surface area contributed by atoms with Gasteiger partial charge in [0, 0.05) is 25.6 Å². The first-order chi connectivity index (χ1) is 9.12. The van der Waals surface area contributed by atoms with E-state index < -0.39 is 0 Å². The second-order valence-corrected chi connectivity index (χ2v) is 5.08. The van der Waals surface area contributed by atoms with E-state index in [0.717, 1.165) is 37.6 Å². The Morgan fingerprint density at radius 2 is 2.05 bits per heavy atom. The summed E-state index contributed by atoms with van der Waals surface area (Å²) in [7, 11) is 0. The Hall–Kier alpha value is -1.40. The summed E-state index contributed by atoms with van der Waals surface area (Å²) in [6.07, 6.45) is 2.30. The second-order valence-electron chi connectivity index (χ2n) is 5.08. The van der Waals surface area contributed by atoms with Gasteiger partial charge in [-0.15, -0.1) is 0 Å². The molecule has 1 saturated heterocycles. The fourth-order valence-corrected chi connectivity index (χ4v) is 2.42. The molecule has 0 aliphatic carbocycles. The number of rotatable bonds is 4. The van der Waals surface area contributed by atoms with Gasteiger partial charge in [0.05, 0.1) is 12.2 Å². The standard InChI is InChI=1S/C13H23N5O/c1-4-5-11-15-12(17-14)6-13(16-11)18-7-9(2)19-10(3)8-18/h6,9-10H,4-5,7-8,14H2,1-3H3,(H,15,16,17)/t9-,10+. The van der Waals surface area contributed by atoms with Crippen LogP contribution >= 0.6 is 0 Å². The van der Waals surface area contributed by atoms with Gasteiger partial charge in [-0.3, -0.25) is 0 Å². The molecule has 0 amide bonds. The maximum absolute atomic E-state index is 5.75. The third kappa shape index (κ3) is 3.54. The van der Waals surface area contributed by atoms with Gasteiger partial charge in [0.25, 0.3) is 0 Å². The molecule has 1 aliphatic rings. The summed E-state index contributed by atoms with van der Waals surface area (Å²) in [6.45, 7) is 7.97. The van der Waals surface area contributed by atoms with E-state index in [2.05, 4.69) is 41.1 Å². The molecule has 1 aliphatic heterocycles. The van der Waals surface area contributed by atoms with Gasteiger partial charge in [-0.25, -0.2) is 15.8 Å². The van der Waals surface area contributed by atoms with E-state index in [0.29, 0.717) is 5.82 Å². The number of anilines is 2. The summed E-state index contributed by atoms with van der Waals surface area (Å²) in [6, 6.07) is 1.89. The largest absolute Gasteiger partial charge is 0.372 e. The highest BCUT2D eigenvalue weighted by atomic mass is 16.5. The highest BCUT2D eigenvalue weighted by Gasteiger charge is 2.23. The Labute approximate surface area is 114 Å². The van der Waals surface area contributed by atoms with E-state index in [-0.39, 0.29) is 12.2 Å². The fraction of sp³-hybridized carbons (Fsp3) is 0.692. The molecule has 0 saturated carbocycles. The van der Waals surface area contributed by atoms with Crippen molar-refractivity contribution in [3.8, 4) is 0 Å². The molecule has 19 heavy (non-hydrogen) atoms. The van der Waals surface area contributed by atoms with Crippen LogP contribution in [0.15, 0.2) is 6.07 Å². The van der Waals surface area contributed by atoms with Crippen LogP contribution in [0, 0.1) is 0 Å². The maximum Gasteiger partial charge on any atom is 0.145 e. The molecule has 0 spiro atoms. The van der Waals surface area contributed by atoms with Crippen LogP contribution in [0.3, 0.4) is 0 Å². The molecule has 0 bridgehead atoms. The molecule has 3 N–H and O–H groups in total. The first-order valence-electron chi connectivity index (χ1n) is 6.87. The van der Waals surface area contributed by atoms with Crippen LogP contribution < -0.4 is 16.2 Å². The Kier molecular flexibility index (Phi) is 4.55. The quantitative estimate of drug-likeness (QED) is 0.632. The van der Waals surface area contributed by atoms with Crippen molar-refractivity contribution in [3.05, 3.63) is 11.9 Å². The predicted molar refractivity (Wildman–Crippen MR) is 76.1 cm³/mol. The highest BCUT2D eigenvalue weighted by molar-refractivity contribution is 5.49. The number of aromatic nitrogens is 2. The molecule has 6 nitrogen and oxygen atoms in total. The molecule has 6 heteroatoms. The van der Waals surface area contributed by atoms with Gasteiger partial charge in [0.1, 0.15) is 17.5 Å². The van der Waals surface area contributed by atoms with Crippen molar-refractivity contribution in [3.63, 3.8) is 0 Å². The molecule has 1 fully saturated rings. The van der Waals surface area contributed by atoms with Crippen molar-refractivity contribution in [1.82, 2.24) is 9.97 Å². The highest BCUT2D eigenvalue weighted by Crippen LogP contribution is 2.21. The molecular formula is C13H23N5O.